The summed E-state index contributed by atoms with van der Waals surface area (Å²) in [5.41, 5.74) is 6.61. The molecule has 0 radical (unpaired) electrons. The SMILES string of the molecule is CCC(N)(CC)CNC(=O)c1cnc(-c2ccccn2)s1. The van der Waals surface area contributed by atoms with E-state index >= 15 is 0 Å². The topological polar surface area (TPSA) is 80.9 Å². The molecule has 0 aliphatic rings. The third-order valence-corrected chi connectivity index (χ3v) is 4.64. The predicted octanol–water partition coefficient (Wildman–Crippen LogP) is 2.45. The molecule has 0 spiro atoms. The summed E-state index contributed by atoms with van der Waals surface area (Å²) in [5.74, 6) is -0.133. The molecule has 0 aliphatic heterocycles. The highest BCUT2D eigenvalue weighted by atomic mass is 32.1. The van der Waals surface area contributed by atoms with Gasteiger partial charge >= 0.3 is 0 Å². The Kier molecular flexibility index (Phi) is 5.03. The first-order valence-corrected chi connectivity index (χ1v) is 7.84. The van der Waals surface area contributed by atoms with E-state index in [0.717, 1.165) is 23.5 Å². The van der Waals surface area contributed by atoms with Gasteiger partial charge in [-0.1, -0.05) is 19.9 Å². The maximum absolute atomic E-state index is 12.2. The fraction of sp³-hybridized carbons (Fsp3) is 0.400. The van der Waals surface area contributed by atoms with Gasteiger partial charge in [-0.15, -0.1) is 11.3 Å². The van der Waals surface area contributed by atoms with Gasteiger partial charge < -0.3 is 11.1 Å². The van der Waals surface area contributed by atoms with Gasteiger partial charge in [0.05, 0.1) is 11.9 Å². The lowest BCUT2D eigenvalue weighted by Crippen LogP contribution is -2.49. The van der Waals surface area contributed by atoms with Crippen LogP contribution in [0.25, 0.3) is 10.7 Å². The Hall–Kier alpha value is -1.79. The number of thiazole rings is 1. The first-order valence-electron chi connectivity index (χ1n) is 7.02. The summed E-state index contributed by atoms with van der Waals surface area (Å²) in [7, 11) is 0. The molecule has 2 aromatic rings. The highest BCUT2D eigenvalue weighted by molar-refractivity contribution is 7.16. The average molecular weight is 304 g/mol. The summed E-state index contributed by atoms with van der Waals surface area (Å²) >= 11 is 1.33. The van der Waals surface area contributed by atoms with Gasteiger partial charge in [-0.2, -0.15) is 0 Å². The Morgan fingerprint density at radius 3 is 2.71 bits per heavy atom. The highest BCUT2D eigenvalue weighted by Gasteiger charge is 2.22. The Morgan fingerprint density at radius 2 is 2.10 bits per heavy atom. The number of hydrogen-bond acceptors (Lipinski definition) is 5. The van der Waals surface area contributed by atoms with Crippen LogP contribution in [0.3, 0.4) is 0 Å². The Bertz CT molecular complexity index is 593. The van der Waals surface area contributed by atoms with Gasteiger partial charge in [-0.3, -0.25) is 9.78 Å². The maximum Gasteiger partial charge on any atom is 0.263 e. The van der Waals surface area contributed by atoms with Crippen molar-refractivity contribution in [2.24, 2.45) is 5.73 Å². The molecule has 0 atom stereocenters. The molecule has 0 aromatic carbocycles. The lowest BCUT2D eigenvalue weighted by Gasteiger charge is -2.26. The molecule has 2 rings (SSSR count). The van der Waals surface area contributed by atoms with E-state index in [-0.39, 0.29) is 11.4 Å². The van der Waals surface area contributed by atoms with Crippen LogP contribution in [0.15, 0.2) is 30.6 Å². The minimum absolute atomic E-state index is 0.133. The first-order chi connectivity index (χ1) is 10.1. The average Bonchev–Trinajstić information content (AvgIpc) is 3.03. The number of carbonyl (C=O) groups excluding carboxylic acids is 1. The fourth-order valence-electron chi connectivity index (χ4n) is 1.83. The van der Waals surface area contributed by atoms with Crippen molar-refractivity contribution >= 4 is 17.2 Å². The Labute approximate surface area is 128 Å². The first kappa shape index (κ1) is 15.6. The van der Waals surface area contributed by atoms with Gasteiger partial charge in [0.25, 0.3) is 5.91 Å². The van der Waals surface area contributed by atoms with Crippen LogP contribution in [-0.4, -0.2) is 28.0 Å². The highest BCUT2D eigenvalue weighted by Crippen LogP contribution is 2.23. The van der Waals surface area contributed by atoms with E-state index in [2.05, 4.69) is 15.3 Å². The van der Waals surface area contributed by atoms with Crippen molar-refractivity contribution in [3.05, 3.63) is 35.5 Å². The van der Waals surface area contributed by atoms with Crippen LogP contribution in [-0.2, 0) is 0 Å². The van der Waals surface area contributed by atoms with Crippen LogP contribution in [0, 0.1) is 0 Å². The van der Waals surface area contributed by atoms with Gasteiger partial charge in [0.1, 0.15) is 9.88 Å². The Balaban J connectivity index is 2.03. The normalized spacial score (nSPS) is 11.4. The third-order valence-electron chi connectivity index (χ3n) is 3.62. The number of pyridine rings is 1. The van der Waals surface area contributed by atoms with Gasteiger partial charge in [0.2, 0.25) is 0 Å². The Morgan fingerprint density at radius 1 is 1.33 bits per heavy atom. The molecule has 0 fully saturated rings. The summed E-state index contributed by atoms with van der Waals surface area (Å²) < 4.78 is 0. The van der Waals surface area contributed by atoms with E-state index < -0.39 is 0 Å². The van der Waals surface area contributed by atoms with Crippen molar-refractivity contribution in [2.75, 3.05) is 6.54 Å². The molecule has 0 aliphatic carbocycles. The van der Waals surface area contributed by atoms with Crippen molar-refractivity contribution in [3.8, 4) is 10.7 Å². The van der Waals surface area contributed by atoms with Crippen LogP contribution in [0.2, 0.25) is 0 Å². The summed E-state index contributed by atoms with van der Waals surface area (Å²) in [6.45, 7) is 4.53. The lowest BCUT2D eigenvalue weighted by atomic mass is 9.94. The molecule has 21 heavy (non-hydrogen) atoms. The molecule has 6 heteroatoms. The summed E-state index contributed by atoms with van der Waals surface area (Å²) in [6.07, 6.45) is 4.94. The molecule has 0 saturated heterocycles. The number of nitrogens with zero attached hydrogens (tertiary/aromatic N) is 2. The smallest absolute Gasteiger partial charge is 0.263 e. The zero-order valence-corrected chi connectivity index (χ0v) is 13.1. The second-order valence-electron chi connectivity index (χ2n) is 5.00. The van der Waals surface area contributed by atoms with E-state index in [1.54, 1.807) is 12.4 Å². The lowest BCUT2D eigenvalue weighted by molar-refractivity contribution is 0.0946. The number of rotatable bonds is 6. The number of hydrogen-bond donors (Lipinski definition) is 2. The van der Waals surface area contributed by atoms with Crippen molar-refractivity contribution in [3.63, 3.8) is 0 Å². The van der Waals surface area contributed by atoms with Gasteiger partial charge in [0, 0.05) is 18.3 Å². The standard InChI is InChI=1S/C15H20N4OS/c1-3-15(16,4-2)10-19-13(20)12-9-18-14(21-12)11-7-5-6-8-17-11/h5-9H,3-4,10,16H2,1-2H3,(H,19,20). The molecule has 1 amide bonds. The largest absolute Gasteiger partial charge is 0.349 e. The molecule has 0 saturated carbocycles. The molecular weight excluding hydrogens is 284 g/mol. The summed E-state index contributed by atoms with van der Waals surface area (Å²) in [5, 5.41) is 3.63. The molecule has 2 heterocycles. The van der Waals surface area contributed by atoms with Crippen LogP contribution in [0.5, 0.6) is 0 Å². The molecule has 2 aromatic heterocycles. The van der Waals surface area contributed by atoms with Gasteiger partial charge in [0.15, 0.2) is 0 Å². The van der Waals surface area contributed by atoms with Crippen molar-refractivity contribution in [2.45, 2.75) is 32.2 Å². The molecular formula is C15H20N4OS. The van der Waals surface area contributed by atoms with E-state index in [4.69, 9.17) is 5.73 Å². The van der Waals surface area contributed by atoms with Crippen LogP contribution >= 0.6 is 11.3 Å². The number of amides is 1. The number of carbonyl (C=O) groups is 1. The second kappa shape index (κ2) is 6.78. The summed E-state index contributed by atoms with van der Waals surface area (Å²) in [4.78, 5) is 21.2. The van der Waals surface area contributed by atoms with Crippen LogP contribution in [0.4, 0.5) is 0 Å². The number of nitrogens with one attached hydrogen (secondary N) is 1. The summed E-state index contributed by atoms with van der Waals surface area (Å²) in [6, 6.07) is 5.62. The maximum atomic E-state index is 12.2. The van der Waals surface area contributed by atoms with E-state index in [1.807, 2.05) is 32.0 Å². The zero-order chi connectivity index (χ0) is 15.3. The molecule has 5 nitrogen and oxygen atoms in total. The van der Waals surface area contributed by atoms with E-state index in [9.17, 15) is 4.79 Å². The molecule has 112 valence electrons. The van der Waals surface area contributed by atoms with Crippen LogP contribution < -0.4 is 11.1 Å². The monoisotopic (exact) mass is 304 g/mol. The molecule has 0 bridgehead atoms. The number of nitrogens with two attached hydrogens (primary N) is 1. The third kappa shape index (κ3) is 3.86. The van der Waals surface area contributed by atoms with Gasteiger partial charge in [-0.05, 0) is 25.0 Å². The minimum Gasteiger partial charge on any atom is -0.349 e. The molecule has 0 unspecified atom stereocenters. The van der Waals surface area contributed by atoms with E-state index in [0.29, 0.717) is 11.4 Å². The zero-order valence-electron chi connectivity index (χ0n) is 12.3. The van der Waals surface area contributed by atoms with Gasteiger partial charge in [-0.25, -0.2) is 4.98 Å². The van der Waals surface area contributed by atoms with Crippen molar-refractivity contribution < 1.29 is 4.79 Å². The number of aromatic nitrogens is 2. The quantitative estimate of drug-likeness (QED) is 0.859. The van der Waals surface area contributed by atoms with E-state index in [1.165, 1.54) is 11.3 Å². The van der Waals surface area contributed by atoms with Crippen molar-refractivity contribution in [1.82, 2.24) is 15.3 Å². The minimum atomic E-state index is -0.343. The fourth-order valence-corrected chi connectivity index (χ4v) is 2.64. The predicted molar refractivity (Wildman–Crippen MR) is 85.2 cm³/mol. The van der Waals surface area contributed by atoms with Crippen molar-refractivity contribution in [1.29, 1.82) is 0 Å². The second-order valence-corrected chi connectivity index (χ2v) is 6.03. The van der Waals surface area contributed by atoms with Crippen LogP contribution in [0.1, 0.15) is 36.4 Å². The molecule has 3 N–H and O–H groups in total.